The summed E-state index contributed by atoms with van der Waals surface area (Å²) in [6.45, 7) is 4.36. The summed E-state index contributed by atoms with van der Waals surface area (Å²) in [7, 11) is 0. The summed E-state index contributed by atoms with van der Waals surface area (Å²) in [6, 6.07) is 4.28. The van der Waals surface area contributed by atoms with E-state index in [1.54, 1.807) is 6.07 Å². The summed E-state index contributed by atoms with van der Waals surface area (Å²) >= 11 is 9.71. The number of hydrogen-bond acceptors (Lipinski definition) is 1. The first kappa shape index (κ1) is 14.1. The van der Waals surface area contributed by atoms with Gasteiger partial charge in [-0.1, -0.05) is 41.4 Å². The van der Waals surface area contributed by atoms with Crippen LogP contribution in [0.25, 0.3) is 0 Å². The third-order valence-electron chi connectivity index (χ3n) is 4.17. The fourth-order valence-corrected chi connectivity index (χ4v) is 4.23. The van der Waals surface area contributed by atoms with E-state index in [1.807, 2.05) is 0 Å². The molecular weight excluding hydrogens is 319 g/mol. The minimum absolute atomic E-state index is 0.153. The molecule has 1 aliphatic rings. The van der Waals surface area contributed by atoms with Gasteiger partial charge in [0.15, 0.2) is 0 Å². The molecule has 1 aromatic carbocycles. The molecule has 2 rings (SSSR count). The molecule has 0 radical (unpaired) electrons. The van der Waals surface area contributed by atoms with E-state index in [4.69, 9.17) is 16.3 Å². The number of benzene rings is 1. The van der Waals surface area contributed by atoms with E-state index in [0.717, 1.165) is 19.3 Å². The Bertz CT molecular complexity index is 434. The van der Waals surface area contributed by atoms with Crippen LogP contribution in [0, 0.1) is 11.2 Å². The molecule has 1 nitrogen and oxygen atoms in total. The van der Waals surface area contributed by atoms with E-state index in [9.17, 15) is 4.39 Å². The van der Waals surface area contributed by atoms with Crippen LogP contribution in [0.3, 0.4) is 0 Å². The topological polar surface area (TPSA) is 9.23 Å². The van der Waals surface area contributed by atoms with Crippen molar-refractivity contribution in [2.45, 2.75) is 44.0 Å². The fourth-order valence-electron chi connectivity index (χ4n) is 2.74. The van der Waals surface area contributed by atoms with E-state index < -0.39 is 0 Å². The lowest BCUT2D eigenvalue weighted by Crippen LogP contribution is -2.56. The summed E-state index contributed by atoms with van der Waals surface area (Å²) in [5.74, 6) is 0.241. The van der Waals surface area contributed by atoms with Crippen molar-refractivity contribution in [3.05, 3.63) is 29.0 Å². The molecule has 0 aromatic heterocycles. The quantitative estimate of drug-likeness (QED) is 0.687. The molecule has 0 aliphatic heterocycles. The molecule has 18 heavy (non-hydrogen) atoms. The first-order valence-corrected chi connectivity index (χ1v) is 7.58. The first-order chi connectivity index (χ1) is 8.53. The molecule has 0 spiro atoms. The van der Waals surface area contributed by atoms with Crippen LogP contribution in [0.15, 0.2) is 18.2 Å². The summed E-state index contributed by atoms with van der Waals surface area (Å²) in [4.78, 5) is 0.490. The van der Waals surface area contributed by atoms with Gasteiger partial charge in [-0.3, -0.25) is 0 Å². The van der Waals surface area contributed by atoms with E-state index in [2.05, 4.69) is 29.8 Å². The van der Waals surface area contributed by atoms with Gasteiger partial charge in [0, 0.05) is 10.2 Å². The number of alkyl halides is 1. The standard InChI is InChI=1S/C14H17BrClFO/c1-3-14(4-2)12(15)8-13(14)18-11-6-5-9(17)7-10(11)16/h5-7,12-13H,3-4,8H2,1-2H3. The second kappa shape index (κ2) is 5.38. The van der Waals surface area contributed by atoms with Crippen LogP contribution in [0.4, 0.5) is 4.39 Å². The van der Waals surface area contributed by atoms with E-state index in [-0.39, 0.29) is 17.3 Å². The van der Waals surface area contributed by atoms with Crippen molar-refractivity contribution in [3.63, 3.8) is 0 Å². The Balaban J connectivity index is 2.15. The Labute approximate surface area is 121 Å². The summed E-state index contributed by atoms with van der Waals surface area (Å²) in [5, 5.41) is 0.342. The molecule has 1 aromatic rings. The first-order valence-electron chi connectivity index (χ1n) is 6.29. The van der Waals surface area contributed by atoms with Gasteiger partial charge in [-0.05, 0) is 37.5 Å². The lowest BCUT2D eigenvalue weighted by Gasteiger charge is -2.52. The second-order valence-corrected chi connectivity index (χ2v) is 6.34. The Morgan fingerprint density at radius 2 is 2.11 bits per heavy atom. The highest BCUT2D eigenvalue weighted by atomic mass is 79.9. The Morgan fingerprint density at radius 3 is 2.61 bits per heavy atom. The van der Waals surface area contributed by atoms with Crippen molar-refractivity contribution in [2.75, 3.05) is 0 Å². The number of rotatable bonds is 4. The molecule has 1 fully saturated rings. The fraction of sp³-hybridized carbons (Fsp3) is 0.571. The third-order valence-corrected chi connectivity index (χ3v) is 5.75. The van der Waals surface area contributed by atoms with Gasteiger partial charge in [0.2, 0.25) is 0 Å². The minimum Gasteiger partial charge on any atom is -0.488 e. The van der Waals surface area contributed by atoms with Crippen molar-refractivity contribution in [2.24, 2.45) is 5.41 Å². The highest BCUT2D eigenvalue weighted by Gasteiger charge is 2.53. The largest absolute Gasteiger partial charge is 0.488 e. The van der Waals surface area contributed by atoms with Gasteiger partial charge in [0.1, 0.15) is 17.7 Å². The van der Waals surface area contributed by atoms with Crippen molar-refractivity contribution in [3.8, 4) is 5.75 Å². The predicted octanol–water partition coefficient (Wildman–Crippen LogP) is 5.20. The van der Waals surface area contributed by atoms with Gasteiger partial charge < -0.3 is 4.74 Å². The smallest absolute Gasteiger partial charge is 0.138 e. The van der Waals surface area contributed by atoms with E-state index in [1.165, 1.54) is 12.1 Å². The van der Waals surface area contributed by atoms with Gasteiger partial charge in [-0.2, -0.15) is 0 Å². The lowest BCUT2D eigenvalue weighted by atomic mass is 9.62. The van der Waals surface area contributed by atoms with Crippen LogP contribution in [0.5, 0.6) is 5.75 Å². The molecule has 100 valence electrons. The zero-order valence-corrected chi connectivity index (χ0v) is 12.9. The summed E-state index contributed by atoms with van der Waals surface area (Å²) in [5.41, 5.74) is 0.164. The van der Waals surface area contributed by atoms with Gasteiger partial charge in [0.05, 0.1) is 5.02 Å². The van der Waals surface area contributed by atoms with Gasteiger partial charge in [-0.15, -0.1) is 0 Å². The number of hydrogen-bond donors (Lipinski definition) is 0. The molecule has 2 atom stereocenters. The predicted molar refractivity (Wildman–Crippen MR) is 76.2 cm³/mol. The van der Waals surface area contributed by atoms with Crippen molar-refractivity contribution in [1.29, 1.82) is 0 Å². The molecule has 0 amide bonds. The van der Waals surface area contributed by atoms with Crippen LogP contribution in [-0.4, -0.2) is 10.9 Å². The number of ether oxygens (including phenoxy) is 1. The Kier molecular flexibility index (Phi) is 4.22. The van der Waals surface area contributed by atoms with Crippen LogP contribution in [-0.2, 0) is 0 Å². The van der Waals surface area contributed by atoms with Crippen molar-refractivity contribution < 1.29 is 9.13 Å². The summed E-state index contributed by atoms with van der Waals surface area (Å²) < 4.78 is 19.0. The monoisotopic (exact) mass is 334 g/mol. The molecule has 0 heterocycles. The van der Waals surface area contributed by atoms with Crippen LogP contribution < -0.4 is 4.74 Å². The second-order valence-electron chi connectivity index (χ2n) is 4.82. The maximum absolute atomic E-state index is 13.0. The SMILES string of the molecule is CCC1(CC)C(Br)CC1Oc1ccc(F)cc1Cl. The zero-order chi connectivity index (χ0) is 13.3. The van der Waals surface area contributed by atoms with E-state index in [0.29, 0.717) is 15.6 Å². The van der Waals surface area contributed by atoms with Crippen molar-refractivity contribution in [1.82, 2.24) is 0 Å². The average Bonchev–Trinajstić information content (AvgIpc) is 2.33. The zero-order valence-electron chi connectivity index (χ0n) is 10.6. The van der Waals surface area contributed by atoms with Gasteiger partial charge in [-0.25, -0.2) is 4.39 Å². The van der Waals surface area contributed by atoms with Gasteiger partial charge >= 0.3 is 0 Å². The Morgan fingerprint density at radius 1 is 1.44 bits per heavy atom. The molecule has 4 heteroatoms. The third kappa shape index (κ3) is 2.27. The van der Waals surface area contributed by atoms with Crippen LogP contribution in [0.2, 0.25) is 5.02 Å². The van der Waals surface area contributed by atoms with Crippen LogP contribution >= 0.6 is 27.5 Å². The number of halogens is 3. The highest BCUT2D eigenvalue weighted by Crippen LogP contribution is 2.53. The average molecular weight is 336 g/mol. The van der Waals surface area contributed by atoms with Gasteiger partial charge in [0.25, 0.3) is 0 Å². The van der Waals surface area contributed by atoms with Crippen LogP contribution in [0.1, 0.15) is 33.1 Å². The lowest BCUT2D eigenvalue weighted by molar-refractivity contribution is -0.0410. The Hall–Kier alpha value is -0.280. The molecule has 1 saturated carbocycles. The molecular formula is C14H17BrClFO. The molecule has 2 unspecified atom stereocenters. The maximum Gasteiger partial charge on any atom is 0.138 e. The maximum atomic E-state index is 13.0. The summed E-state index contributed by atoms with van der Waals surface area (Å²) in [6.07, 6.45) is 3.24. The molecule has 0 bridgehead atoms. The minimum atomic E-state index is -0.337. The van der Waals surface area contributed by atoms with Crippen molar-refractivity contribution >= 4 is 27.5 Å². The molecule has 0 N–H and O–H groups in total. The highest BCUT2D eigenvalue weighted by molar-refractivity contribution is 9.09. The normalized spacial score (nSPS) is 25.6. The molecule has 1 aliphatic carbocycles. The molecule has 0 saturated heterocycles. The van der Waals surface area contributed by atoms with E-state index >= 15 is 0 Å².